The van der Waals surface area contributed by atoms with Gasteiger partial charge in [-0.05, 0) is 18.5 Å². The van der Waals surface area contributed by atoms with E-state index in [2.05, 4.69) is 14.9 Å². The van der Waals surface area contributed by atoms with E-state index in [1.54, 1.807) is 0 Å². The van der Waals surface area contributed by atoms with Crippen LogP contribution in [0.2, 0.25) is 0 Å². The Labute approximate surface area is 103 Å². The number of carbonyl (C=O) groups is 2. The van der Waals surface area contributed by atoms with Crippen molar-refractivity contribution in [2.75, 3.05) is 0 Å². The second-order valence-corrected chi connectivity index (χ2v) is 5.49. The minimum absolute atomic E-state index is 0.299. The average molecular weight is 257 g/mol. The Kier molecular flexibility index (Phi) is 3.82. The molecule has 0 aliphatic carbocycles. The molecule has 17 heavy (non-hydrogen) atoms. The van der Waals surface area contributed by atoms with Gasteiger partial charge < -0.3 is 10.4 Å². The summed E-state index contributed by atoms with van der Waals surface area (Å²) in [6, 6.07) is -0.933. The van der Waals surface area contributed by atoms with Gasteiger partial charge in [0.1, 0.15) is 10.9 Å². The number of hydrogen-bond donors (Lipinski definition) is 2. The molecular weight excluding hydrogens is 242 g/mol. The average Bonchev–Trinajstić information content (AvgIpc) is 2.64. The molecule has 1 unspecified atom stereocenters. The number of aliphatic carboxylic acids is 1. The molecule has 1 atom stereocenters. The van der Waals surface area contributed by atoms with Gasteiger partial charge in [0.05, 0.1) is 5.69 Å². The summed E-state index contributed by atoms with van der Waals surface area (Å²) < 4.78 is 3.75. The fourth-order valence-electron chi connectivity index (χ4n) is 1.15. The molecule has 1 aromatic heterocycles. The fraction of sp³-hybridized carbons (Fsp3) is 0.600. The van der Waals surface area contributed by atoms with Gasteiger partial charge in [-0.25, -0.2) is 0 Å². The van der Waals surface area contributed by atoms with Crippen LogP contribution in [-0.4, -0.2) is 32.6 Å². The molecule has 94 valence electrons. The second-order valence-electron chi connectivity index (χ2n) is 4.73. The predicted octanol–water partition coefficient (Wildman–Crippen LogP) is 1.04. The van der Waals surface area contributed by atoms with Crippen molar-refractivity contribution < 1.29 is 14.7 Å². The molecule has 0 aromatic carbocycles. The quantitative estimate of drug-likeness (QED) is 0.844. The van der Waals surface area contributed by atoms with Gasteiger partial charge in [-0.3, -0.25) is 9.59 Å². The smallest absolute Gasteiger partial charge is 0.325 e. The van der Waals surface area contributed by atoms with Crippen molar-refractivity contribution in [1.82, 2.24) is 14.9 Å². The number of carbonyl (C=O) groups excluding carboxylic acids is 1. The van der Waals surface area contributed by atoms with Crippen LogP contribution in [0.25, 0.3) is 0 Å². The van der Waals surface area contributed by atoms with Crippen molar-refractivity contribution >= 4 is 23.4 Å². The second kappa shape index (κ2) is 4.79. The van der Waals surface area contributed by atoms with Crippen LogP contribution in [0.3, 0.4) is 0 Å². The van der Waals surface area contributed by atoms with Crippen molar-refractivity contribution in [1.29, 1.82) is 0 Å². The van der Waals surface area contributed by atoms with Gasteiger partial charge in [0.2, 0.25) is 0 Å². The van der Waals surface area contributed by atoms with Crippen LogP contribution in [-0.2, 0) is 10.2 Å². The highest BCUT2D eigenvalue weighted by Gasteiger charge is 2.27. The van der Waals surface area contributed by atoms with Crippen LogP contribution in [0.1, 0.15) is 43.1 Å². The van der Waals surface area contributed by atoms with E-state index in [0.717, 1.165) is 11.5 Å². The number of hydrogen-bond acceptors (Lipinski definition) is 5. The van der Waals surface area contributed by atoms with E-state index >= 15 is 0 Å². The molecule has 6 nitrogen and oxygen atoms in total. The molecular formula is C10H15N3O3S. The van der Waals surface area contributed by atoms with E-state index in [0.29, 0.717) is 10.6 Å². The van der Waals surface area contributed by atoms with Gasteiger partial charge in [-0.1, -0.05) is 25.3 Å². The van der Waals surface area contributed by atoms with Gasteiger partial charge in [0, 0.05) is 5.41 Å². The molecule has 1 amide bonds. The number of rotatable bonds is 3. The third kappa shape index (κ3) is 3.23. The Balaban J connectivity index is 2.91. The van der Waals surface area contributed by atoms with Crippen molar-refractivity contribution in [3.63, 3.8) is 0 Å². The minimum Gasteiger partial charge on any atom is -0.480 e. The Bertz CT molecular complexity index is 436. The van der Waals surface area contributed by atoms with Crippen molar-refractivity contribution in [2.24, 2.45) is 0 Å². The number of aromatic nitrogens is 2. The molecule has 0 radical (unpaired) electrons. The lowest BCUT2D eigenvalue weighted by atomic mass is 9.91. The number of amides is 1. The van der Waals surface area contributed by atoms with Gasteiger partial charge in [-0.15, -0.1) is 5.10 Å². The molecule has 0 saturated carbocycles. The zero-order valence-electron chi connectivity index (χ0n) is 10.1. The fourth-order valence-corrected chi connectivity index (χ4v) is 1.93. The molecule has 0 aliphatic rings. The first-order chi connectivity index (χ1) is 7.73. The van der Waals surface area contributed by atoms with Gasteiger partial charge in [0.15, 0.2) is 0 Å². The molecule has 1 rings (SSSR count). The summed E-state index contributed by atoms with van der Waals surface area (Å²) in [6.07, 6.45) is 0. The molecule has 1 heterocycles. The third-order valence-corrected chi connectivity index (χ3v) is 2.85. The maximum absolute atomic E-state index is 11.8. The Morgan fingerprint density at radius 1 is 1.41 bits per heavy atom. The summed E-state index contributed by atoms with van der Waals surface area (Å²) in [4.78, 5) is 22.9. The van der Waals surface area contributed by atoms with Crippen molar-refractivity contribution in [3.05, 3.63) is 10.6 Å². The van der Waals surface area contributed by atoms with Crippen molar-refractivity contribution in [3.8, 4) is 0 Å². The Morgan fingerprint density at radius 3 is 2.47 bits per heavy atom. The first-order valence-electron chi connectivity index (χ1n) is 5.10. The van der Waals surface area contributed by atoms with Crippen LogP contribution in [0.15, 0.2) is 0 Å². The molecule has 1 aromatic rings. The molecule has 0 bridgehead atoms. The molecule has 0 aliphatic heterocycles. The van der Waals surface area contributed by atoms with Crippen LogP contribution < -0.4 is 5.32 Å². The largest absolute Gasteiger partial charge is 0.480 e. The molecule has 7 heteroatoms. The molecule has 2 N–H and O–H groups in total. The van der Waals surface area contributed by atoms with Gasteiger partial charge in [-0.2, -0.15) is 0 Å². The number of nitrogens with one attached hydrogen (secondary N) is 1. The van der Waals surface area contributed by atoms with Gasteiger partial charge >= 0.3 is 5.97 Å². The highest BCUT2D eigenvalue weighted by atomic mass is 32.1. The summed E-state index contributed by atoms with van der Waals surface area (Å²) in [5, 5.41) is 15.0. The number of nitrogens with zero attached hydrogens (tertiary/aromatic N) is 2. The van der Waals surface area contributed by atoms with E-state index in [1.807, 2.05) is 20.8 Å². The van der Waals surface area contributed by atoms with Crippen molar-refractivity contribution in [2.45, 2.75) is 39.2 Å². The molecule has 0 spiro atoms. The number of carboxylic acids is 1. The van der Waals surface area contributed by atoms with Crippen LogP contribution in [0, 0.1) is 0 Å². The maximum atomic E-state index is 11.8. The highest BCUT2D eigenvalue weighted by Crippen LogP contribution is 2.25. The topological polar surface area (TPSA) is 92.2 Å². The van der Waals surface area contributed by atoms with E-state index in [1.165, 1.54) is 6.92 Å². The molecule has 0 fully saturated rings. The zero-order chi connectivity index (χ0) is 13.2. The van der Waals surface area contributed by atoms with Gasteiger partial charge in [0.25, 0.3) is 5.91 Å². The monoisotopic (exact) mass is 257 g/mol. The summed E-state index contributed by atoms with van der Waals surface area (Å²) in [5.74, 6) is -1.52. The summed E-state index contributed by atoms with van der Waals surface area (Å²) >= 11 is 0.972. The Morgan fingerprint density at radius 2 is 2.00 bits per heavy atom. The lowest BCUT2D eigenvalue weighted by molar-refractivity contribution is -0.138. The first-order valence-corrected chi connectivity index (χ1v) is 5.87. The molecule has 0 saturated heterocycles. The van der Waals surface area contributed by atoms with E-state index < -0.39 is 17.9 Å². The minimum atomic E-state index is -1.08. The maximum Gasteiger partial charge on any atom is 0.325 e. The number of carboxylic acid groups (broad SMARTS) is 1. The summed E-state index contributed by atoms with van der Waals surface area (Å²) in [7, 11) is 0. The third-order valence-electron chi connectivity index (χ3n) is 2.12. The SMILES string of the molecule is CC(NC(=O)c1snnc1C(C)(C)C)C(=O)O. The van der Waals surface area contributed by atoms with E-state index in [4.69, 9.17) is 5.11 Å². The summed E-state index contributed by atoms with van der Waals surface area (Å²) in [5.41, 5.74) is 0.282. The van der Waals surface area contributed by atoms with Crippen LogP contribution in [0.4, 0.5) is 0 Å². The standard InChI is InChI=1S/C10H15N3O3S/c1-5(9(15)16)11-8(14)6-7(10(2,3)4)12-13-17-6/h5H,1-4H3,(H,11,14)(H,15,16). The van der Waals surface area contributed by atoms with Crippen LogP contribution in [0.5, 0.6) is 0 Å². The highest BCUT2D eigenvalue weighted by molar-refractivity contribution is 7.08. The normalized spacial score (nSPS) is 13.2. The lowest BCUT2D eigenvalue weighted by Gasteiger charge is -2.16. The van der Waals surface area contributed by atoms with E-state index in [9.17, 15) is 9.59 Å². The Hall–Kier alpha value is -1.50. The summed E-state index contributed by atoms with van der Waals surface area (Å²) in [6.45, 7) is 7.16. The van der Waals surface area contributed by atoms with E-state index in [-0.39, 0.29) is 5.41 Å². The zero-order valence-corrected chi connectivity index (χ0v) is 11.0. The predicted molar refractivity (Wildman–Crippen MR) is 63.2 cm³/mol. The lowest BCUT2D eigenvalue weighted by Crippen LogP contribution is -2.38. The van der Waals surface area contributed by atoms with Crippen LogP contribution >= 0.6 is 11.5 Å². The first kappa shape index (κ1) is 13.6.